The van der Waals surface area contributed by atoms with E-state index in [2.05, 4.69) is 10.2 Å². The molecule has 0 bridgehead atoms. The van der Waals surface area contributed by atoms with Crippen LogP contribution in [0.15, 0.2) is 108 Å². The molecule has 4 aromatic carbocycles. The Balaban J connectivity index is 1.23. The third-order valence-corrected chi connectivity index (χ3v) is 8.40. The largest absolute Gasteiger partial charge is 0.368 e. The SMILES string of the molecule is O=C(NCC(=O)N1CCN(c2ccccc2)CC1)c1ccc(S(=O)(=O)N(Oc2ccc(F)cc2)c2cccc(F)c2)cc1. The van der Waals surface area contributed by atoms with Crippen LogP contribution in [-0.4, -0.2) is 57.9 Å². The van der Waals surface area contributed by atoms with Gasteiger partial charge in [-0.05, 0) is 72.8 Å². The lowest BCUT2D eigenvalue weighted by Gasteiger charge is -2.36. The summed E-state index contributed by atoms with van der Waals surface area (Å²) in [5.74, 6) is -2.01. The fraction of sp³-hybridized carbons (Fsp3) is 0.161. The summed E-state index contributed by atoms with van der Waals surface area (Å²) < 4.78 is 55.0. The van der Waals surface area contributed by atoms with E-state index in [-0.39, 0.29) is 34.3 Å². The molecule has 1 aliphatic heterocycles. The first-order valence-electron chi connectivity index (χ1n) is 13.4. The zero-order chi connectivity index (χ0) is 30.4. The van der Waals surface area contributed by atoms with Crippen molar-refractivity contribution in [2.45, 2.75) is 4.90 Å². The molecule has 1 heterocycles. The molecular formula is C31H28F2N4O5S. The van der Waals surface area contributed by atoms with Crippen LogP contribution in [0.4, 0.5) is 20.2 Å². The van der Waals surface area contributed by atoms with E-state index in [0.29, 0.717) is 30.6 Å². The lowest BCUT2D eigenvalue weighted by Crippen LogP contribution is -2.51. The van der Waals surface area contributed by atoms with E-state index in [1.54, 1.807) is 4.90 Å². The Labute approximate surface area is 247 Å². The quantitative estimate of drug-likeness (QED) is 0.287. The lowest BCUT2D eigenvalue weighted by molar-refractivity contribution is -0.130. The maximum atomic E-state index is 14.0. The first-order valence-corrected chi connectivity index (χ1v) is 14.9. The minimum absolute atomic E-state index is 0.00335. The molecule has 12 heteroatoms. The average Bonchev–Trinajstić information content (AvgIpc) is 3.03. The van der Waals surface area contributed by atoms with Crippen molar-refractivity contribution < 1.29 is 31.6 Å². The van der Waals surface area contributed by atoms with Gasteiger partial charge < -0.3 is 20.0 Å². The zero-order valence-electron chi connectivity index (χ0n) is 22.9. The number of halogens is 2. The molecule has 1 fully saturated rings. The Morgan fingerprint density at radius 3 is 2.12 bits per heavy atom. The van der Waals surface area contributed by atoms with Crippen LogP contribution >= 0.6 is 0 Å². The van der Waals surface area contributed by atoms with Crippen molar-refractivity contribution in [3.63, 3.8) is 0 Å². The minimum Gasteiger partial charge on any atom is -0.368 e. The van der Waals surface area contributed by atoms with Gasteiger partial charge in [-0.25, -0.2) is 8.78 Å². The van der Waals surface area contributed by atoms with Gasteiger partial charge in [-0.2, -0.15) is 8.42 Å². The summed E-state index contributed by atoms with van der Waals surface area (Å²) in [5.41, 5.74) is 1.10. The molecule has 1 N–H and O–H groups in total. The van der Waals surface area contributed by atoms with E-state index in [1.165, 1.54) is 48.5 Å². The van der Waals surface area contributed by atoms with E-state index in [9.17, 15) is 26.8 Å². The standard InChI is InChI=1S/C31H28F2N4O5S/c32-24-11-13-28(14-12-24)42-37(27-8-4-5-25(33)21-27)43(40,41)29-15-9-23(10-16-29)31(39)34-22-30(38)36-19-17-35(18-20-36)26-6-2-1-3-7-26/h1-16,21H,17-20,22H2,(H,34,39). The third-order valence-electron chi connectivity index (χ3n) is 6.81. The summed E-state index contributed by atoms with van der Waals surface area (Å²) >= 11 is 0. The summed E-state index contributed by atoms with van der Waals surface area (Å²) in [6, 6.07) is 24.3. The first kappa shape index (κ1) is 29.5. The highest BCUT2D eigenvalue weighted by Gasteiger charge is 2.28. The average molecular weight is 607 g/mol. The van der Waals surface area contributed by atoms with Crippen molar-refractivity contribution in [1.29, 1.82) is 0 Å². The van der Waals surface area contributed by atoms with E-state index in [0.717, 1.165) is 30.0 Å². The molecular weight excluding hydrogens is 578 g/mol. The van der Waals surface area contributed by atoms with Gasteiger partial charge in [0.25, 0.3) is 15.9 Å². The number of nitrogens with one attached hydrogen (secondary N) is 1. The van der Waals surface area contributed by atoms with E-state index in [1.807, 2.05) is 30.3 Å². The summed E-state index contributed by atoms with van der Waals surface area (Å²) in [5, 5.41) is 2.59. The van der Waals surface area contributed by atoms with Gasteiger partial charge in [0, 0.05) is 43.5 Å². The van der Waals surface area contributed by atoms with E-state index >= 15 is 0 Å². The van der Waals surface area contributed by atoms with Crippen molar-refractivity contribution in [2.24, 2.45) is 0 Å². The van der Waals surface area contributed by atoms with Gasteiger partial charge in [-0.1, -0.05) is 28.7 Å². The second-order valence-corrected chi connectivity index (χ2v) is 11.4. The molecule has 0 aliphatic carbocycles. The Kier molecular flexibility index (Phi) is 8.86. The second-order valence-electron chi connectivity index (χ2n) is 9.67. The van der Waals surface area contributed by atoms with Gasteiger partial charge in [0.2, 0.25) is 5.91 Å². The molecule has 5 rings (SSSR count). The van der Waals surface area contributed by atoms with Crippen LogP contribution in [0.25, 0.3) is 0 Å². The van der Waals surface area contributed by atoms with E-state index in [4.69, 9.17) is 4.84 Å². The smallest absolute Gasteiger partial charge is 0.295 e. The highest BCUT2D eigenvalue weighted by atomic mass is 32.2. The van der Waals surface area contributed by atoms with Crippen LogP contribution < -0.4 is 19.5 Å². The van der Waals surface area contributed by atoms with Gasteiger partial charge in [0.05, 0.1) is 17.1 Å². The number of carbonyl (C=O) groups excluding carboxylic acids is 2. The number of anilines is 2. The molecule has 0 aromatic heterocycles. The van der Waals surface area contributed by atoms with Crippen LogP contribution in [0.1, 0.15) is 10.4 Å². The van der Waals surface area contributed by atoms with Crippen LogP contribution in [0.3, 0.4) is 0 Å². The fourth-order valence-corrected chi connectivity index (χ4v) is 5.76. The Hall–Kier alpha value is -4.97. The maximum absolute atomic E-state index is 14.0. The van der Waals surface area contributed by atoms with E-state index < -0.39 is 27.6 Å². The molecule has 1 saturated heterocycles. The zero-order valence-corrected chi connectivity index (χ0v) is 23.7. The van der Waals surface area contributed by atoms with Gasteiger partial charge in [-0.15, -0.1) is 0 Å². The molecule has 222 valence electrons. The van der Waals surface area contributed by atoms with Crippen molar-refractivity contribution in [1.82, 2.24) is 10.2 Å². The first-order chi connectivity index (χ1) is 20.7. The van der Waals surface area contributed by atoms with Gasteiger partial charge in [-0.3, -0.25) is 9.59 Å². The maximum Gasteiger partial charge on any atom is 0.295 e. The predicted molar refractivity (Wildman–Crippen MR) is 157 cm³/mol. The molecule has 2 amide bonds. The summed E-state index contributed by atoms with van der Waals surface area (Å²) in [7, 11) is -4.43. The van der Waals surface area contributed by atoms with Crippen molar-refractivity contribution in [3.05, 3.63) is 120 Å². The molecule has 9 nitrogen and oxygen atoms in total. The molecule has 0 saturated carbocycles. The number of benzene rings is 4. The van der Waals surface area contributed by atoms with Crippen LogP contribution in [0.2, 0.25) is 0 Å². The van der Waals surface area contributed by atoms with Crippen molar-refractivity contribution >= 4 is 33.2 Å². The van der Waals surface area contributed by atoms with Gasteiger partial charge in [0.1, 0.15) is 11.6 Å². The van der Waals surface area contributed by atoms with Gasteiger partial charge in [0.15, 0.2) is 5.75 Å². The number of rotatable bonds is 9. The molecule has 1 aliphatic rings. The number of amides is 2. The lowest BCUT2D eigenvalue weighted by atomic mass is 10.2. The van der Waals surface area contributed by atoms with Gasteiger partial charge >= 0.3 is 0 Å². The molecule has 0 radical (unpaired) electrons. The fourth-order valence-electron chi connectivity index (χ4n) is 4.52. The topological polar surface area (TPSA) is 99.3 Å². The number of sulfonamides is 1. The third kappa shape index (κ3) is 7.09. The Morgan fingerprint density at radius 1 is 0.791 bits per heavy atom. The number of hydrogen-bond acceptors (Lipinski definition) is 6. The number of para-hydroxylation sites is 1. The Morgan fingerprint density at radius 2 is 1.47 bits per heavy atom. The highest BCUT2D eigenvalue weighted by molar-refractivity contribution is 7.92. The molecule has 0 spiro atoms. The monoisotopic (exact) mass is 606 g/mol. The Bertz CT molecular complexity index is 1680. The summed E-state index contributed by atoms with van der Waals surface area (Å²) in [4.78, 5) is 34.6. The van der Waals surface area contributed by atoms with Crippen molar-refractivity contribution in [3.8, 4) is 5.75 Å². The van der Waals surface area contributed by atoms with Crippen LogP contribution in [-0.2, 0) is 14.8 Å². The minimum atomic E-state index is -4.43. The number of carbonyl (C=O) groups is 2. The van der Waals surface area contributed by atoms with Crippen molar-refractivity contribution in [2.75, 3.05) is 42.1 Å². The normalized spacial score (nSPS) is 13.3. The van der Waals surface area contributed by atoms with Crippen LogP contribution in [0.5, 0.6) is 5.75 Å². The number of piperazine rings is 1. The predicted octanol–water partition coefficient (Wildman–Crippen LogP) is 4.23. The molecule has 43 heavy (non-hydrogen) atoms. The summed E-state index contributed by atoms with van der Waals surface area (Å²) in [6.45, 7) is 2.20. The second kappa shape index (κ2) is 12.9. The number of hydrogen-bond donors (Lipinski definition) is 1. The molecule has 0 atom stereocenters. The number of nitrogens with zero attached hydrogens (tertiary/aromatic N) is 3. The molecule has 0 unspecified atom stereocenters. The molecule has 4 aromatic rings. The highest BCUT2D eigenvalue weighted by Crippen LogP contribution is 2.27. The summed E-state index contributed by atoms with van der Waals surface area (Å²) in [6.07, 6.45) is 0. The van der Waals surface area contributed by atoms with Crippen LogP contribution in [0, 0.1) is 11.6 Å².